The van der Waals surface area contributed by atoms with Crippen LogP contribution in [0.15, 0.2) is 79.0 Å². The van der Waals surface area contributed by atoms with Crippen molar-refractivity contribution in [1.82, 2.24) is 9.88 Å². The van der Waals surface area contributed by atoms with Crippen LogP contribution in [0.4, 0.5) is 5.69 Å². The molecule has 158 valence electrons. The molecule has 0 amide bonds. The van der Waals surface area contributed by atoms with E-state index in [0.717, 1.165) is 34.4 Å². The van der Waals surface area contributed by atoms with Gasteiger partial charge in [0.25, 0.3) is 0 Å². The van der Waals surface area contributed by atoms with Crippen LogP contribution in [0.1, 0.15) is 27.5 Å². The van der Waals surface area contributed by atoms with Crippen molar-refractivity contribution in [2.45, 2.75) is 12.6 Å². The molecule has 0 saturated heterocycles. The molecule has 3 aromatic carbocycles. The Morgan fingerprint density at radius 3 is 2.58 bits per heavy atom. The minimum Gasteiger partial charge on any atom is -0.497 e. The third-order valence-electron chi connectivity index (χ3n) is 5.29. The fraction of sp³-hybridized carbons (Fsp3) is 0.192. The van der Waals surface area contributed by atoms with Gasteiger partial charge in [0.1, 0.15) is 11.8 Å². The monoisotopic (exact) mass is 413 g/mol. The summed E-state index contributed by atoms with van der Waals surface area (Å²) in [5.41, 5.74) is 4.55. The number of ketones is 1. The maximum absolute atomic E-state index is 13.8. The number of rotatable bonds is 8. The Kier molecular flexibility index (Phi) is 6.05. The van der Waals surface area contributed by atoms with Gasteiger partial charge in [0, 0.05) is 41.0 Å². The highest BCUT2D eigenvalue weighted by molar-refractivity contribution is 6.11. The first kappa shape index (κ1) is 20.7. The summed E-state index contributed by atoms with van der Waals surface area (Å²) >= 11 is 0. The molecule has 1 heterocycles. The van der Waals surface area contributed by atoms with E-state index < -0.39 is 6.04 Å². The number of aromatic nitrogens is 1. The Morgan fingerprint density at radius 1 is 1.03 bits per heavy atom. The van der Waals surface area contributed by atoms with E-state index in [1.807, 2.05) is 81.0 Å². The molecular formula is C26H27N3O2. The number of anilines is 1. The normalized spacial score (nSPS) is 12.1. The predicted octanol–water partition coefficient (Wildman–Crippen LogP) is 5.27. The number of carbonyl (C=O) groups is 1. The second-order valence-electron chi connectivity index (χ2n) is 7.90. The van der Waals surface area contributed by atoms with Crippen LogP contribution in [0.3, 0.4) is 0 Å². The summed E-state index contributed by atoms with van der Waals surface area (Å²) in [4.78, 5) is 19.2. The van der Waals surface area contributed by atoms with E-state index in [4.69, 9.17) is 4.74 Å². The number of H-pyrrole nitrogens is 1. The van der Waals surface area contributed by atoms with Gasteiger partial charge < -0.3 is 19.9 Å². The van der Waals surface area contributed by atoms with E-state index in [2.05, 4.69) is 27.3 Å². The number of aromatic amines is 1. The lowest BCUT2D eigenvalue weighted by atomic mass is 9.96. The number of methoxy groups -OCH3 is 1. The maximum Gasteiger partial charge on any atom is 0.191 e. The first-order chi connectivity index (χ1) is 15.0. The minimum absolute atomic E-state index is 0.0160. The summed E-state index contributed by atoms with van der Waals surface area (Å²) in [6.45, 7) is 0.818. The average Bonchev–Trinajstić information content (AvgIpc) is 3.20. The smallest absolute Gasteiger partial charge is 0.191 e. The van der Waals surface area contributed by atoms with Crippen molar-refractivity contribution in [1.29, 1.82) is 0 Å². The van der Waals surface area contributed by atoms with Crippen LogP contribution in [0.5, 0.6) is 5.75 Å². The van der Waals surface area contributed by atoms with Crippen molar-refractivity contribution >= 4 is 22.4 Å². The molecule has 4 aromatic rings. The molecule has 0 radical (unpaired) electrons. The summed E-state index contributed by atoms with van der Waals surface area (Å²) in [5.74, 6) is 0.756. The zero-order chi connectivity index (χ0) is 21.8. The Balaban J connectivity index is 1.73. The first-order valence-corrected chi connectivity index (χ1v) is 10.3. The van der Waals surface area contributed by atoms with Crippen LogP contribution < -0.4 is 10.1 Å². The lowest BCUT2D eigenvalue weighted by molar-refractivity contribution is 0.0971. The number of nitrogens with one attached hydrogen (secondary N) is 2. The average molecular weight is 414 g/mol. The standard InChI is InChI=1S/C26H27N3O2/c1-29(2)17-18-12-13-24-22(14-18)23(16-27-24)26(30)25(19-8-5-4-6-9-19)28-20-10-7-11-21(15-20)31-3/h4-16,25,27-28H,17H2,1-3H3. The lowest BCUT2D eigenvalue weighted by Crippen LogP contribution is -2.21. The molecule has 1 unspecified atom stereocenters. The maximum atomic E-state index is 13.8. The number of ether oxygens (including phenoxy) is 1. The quantitative estimate of drug-likeness (QED) is 0.386. The van der Waals surface area contributed by atoms with Gasteiger partial charge in [-0.1, -0.05) is 42.5 Å². The second-order valence-corrected chi connectivity index (χ2v) is 7.90. The van der Waals surface area contributed by atoms with Crippen LogP contribution >= 0.6 is 0 Å². The van der Waals surface area contributed by atoms with Crippen LogP contribution in [0.2, 0.25) is 0 Å². The number of hydrogen-bond acceptors (Lipinski definition) is 4. The van der Waals surface area contributed by atoms with Gasteiger partial charge in [0.15, 0.2) is 5.78 Å². The largest absolute Gasteiger partial charge is 0.497 e. The van der Waals surface area contributed by atoms with E-state index in [9.17, 15) is 4.79 Å². The van der Waals surface area contributed by atoms with Crippen molar-refractivity contribution < 1.29 is 9.53 Å². The molecule has 4 rings (SSSR count). The third kappa shape index (κ3) is 4.62. The molecule has 1 atom stereocenters. The molecule has 1 aromatic heterocycles. The fourth-order valence-electron chi connectivity index (χ4n) is 3.82. The number of carbonyl (C=O) groups excluding carboxylic acids is 1. The zero-order valence-electron chi connectivity index (χ0n) is 18.1. The van der Waals surface area contributed by atoms with E-state index in [1.54, 1.807) is 7.11 Å². The molecule has 31 heavy (non-hydrogen) atoms. The molecule has 5 heteroatoms. The highest BCUT2D eigenvalue weighted by Crippen LogP contribution is 2.29. The molecule has 0 bridgehead atoms. The number of nitrogens with zero attached hydrogens (tertiary/aromatic N) is 1. The van der Waals surface area contributed by atoms with Crippen LogP contribution in [0, 0.1) is 0 Å². The number of Topliss-reactive ketones (excluding diaryl/α,β-unsaturated/α-hetero) is 1. The molecule has 0 saturated carbocycles. The Hall–Kier alpha value is -3.57. The van der Waals surface area contributed by atoms with Gasteiger partial charge in [-0.05, 0) is 49.5 Å². The van der Waals surface area contributed by atoms with Gasteiger partial charge in [-0.3, -0.25) is 4.79 Å². The lowest BCUT2D eigenvalue weighted by Gasteiger charge is -2.20. The van der Waals surface area contributed by atoms with E-state index in [-0.39, 0.29) is 5.78 Å². The number of benzene rings is 3. The third-order valence-corrected chi connectivity index (χ3v) is 5.29. The first-order valence-electron chi connectivity index (χ1n) is 10.3. The predicted molar refractivity (Wildman–Crippen MR) is 126 cm³/mol. The Bertz CT molecular complexity index is 1180. The van der Waals surface area contributed by atoms with E-state index >= 15 is 0 Å². The van der Waals surface area contributed by atoms with E-state index in [0.29, 0.717) is 5.56 Å². The molecule has 2 N–H and O–H groups in total. The summed E-state index contributed by atoms with van der Waals surface area (Å²) in [6.07, 6.45) is 1.82. The van der Waals surface area contributed by atoms with Crippen LogP contribution in [-0.2, 0) is 6.54 Å². The molecule has 5 nitrogen and oxygen atoms in total. The summed E-state index contributed by atoms with van der Waals surface area (Å²) in [7, 11) is 5.71. The number of fused-ring (bicyclic) bond motifs is 1. The van der Waals surface area contributed by atoms with Gasteiger partial charge in [-0.15, -0.1) is 0 Å². The molecular weight excluding hydrogens is 386 g/mol. The molecule has 0 aliphatic rings. The highest BCUT2D eigenvalue weighted by atomic mass is 16.5. The van der Waals surface area contributed by atoms with Crippen molar-refractivity contribution in [3.05, 3.63) is 95.7 Å². The zero-order valence-corrected chi connectivity index (χ0v) is 18.1. The van der Waals surface area contributed by atoms with Gasteiger partial charge in [-0.2, -0.15) is 0 Å². The van der Waals surface area contributed by atoms with Crippen molar-refractivity contribution in [2.75, 3.05) is 26.5 Å². The summed E-state index contributed by atoms with van der Waals surface area (Å²) in [5, 5.41) is 4.36. The summed E-state index contributed by atoms with van der Waals surface area (Å²) in [6, 6.07) is 23.2. The van der Waals surface area contributed by atoms with Crippen molar-refractivity contribution in [3.8, 4) is 5.75 Å². The van der Waals surface area contributed by atoms with Crippen LogP contribution in [-0.4, -0.2) is 36.9 Å². The van der Waals surface area contributed by atoms with E-state index in [1.165, 1.54) is 5.56 Å². The minimum atomic E-state index is -0.523. The van der Waals surface area contributed by atoms with Crippen molar-refractivity contribution in [3.63, 3.8) is 0 Å². The SMILES string of the molecule is COc1cccc(NC(C(=O)c2c[nH]c3ccc(CN(C)C)cc23)c2ccccc2)c1. The molecule has 0 fully saturated rings. The van der Waals surface area contributed by atoms with Crippen LogP contribution in [0.25, 0.3) is 10.9 Å². The number of hydrogen-bond donors (Lipinski definition) is 2. The second kappa shape index (κ2) is 9.06. The summed E-state index contributed by atoms with van der Waals surface area (Å²) < 4.78 is 5.34. The van der Waals surface area contributed by atoms with Gasteiger partial charge in [-0.25, -0.2) is 0 Å². The fourth-order valence-corrected chi connectivity index (χ4v) is 3.82. The Morgan fingerprint density at radius 2 is 1.84 bits per heavy atom. The topological polar surface area (TPSA) is 57.4 Å². The highest BCUT2D eigenvalue weighted by Gasteiger charge is 2.24. The molecule has 0 aliphatic carbocycles. The molecule has 0 aliphatic heterocycles. The Labute approximate surface area is 182 Å². The van der Waals surface area contributed by atoms with Gasteiger partial charge >= 0.3 is 0 Å². The van der Waals surface area contributed by atoms with Gasteiger partial charge in [0.05, 0.1) is 7.11 Å². The van der Waals surface area contributed by atoms with Gasteiger partial charge in [0.2, 0.25) is 0 Å². The molecule has 0 spiro atoms. The van der Waals surface area contributed by atoms with Crippen molar-refractivity contribution in [2.24, 2.45) is 0 Å².